The molecule has 0 amide bonds. The Bertz CT molecular complexity index is 949. The van der Waals surface area contributed by atoms with Crippen LogP contribution in [-0.2, 0) is 12.8 Å². The first-order valence-corrected chi connectivity index (χ1v) is 12.7. The van der Waals surface area contributed by atoms with Crippen molar-refractivity contribution < 1.29 is 0 Å². The van der Waals surface area contributed by atoms with E-state index in [1.807, 2.05) is 12.3 Å². The van der Waals surface area contributed by atoms with Gasteiger partial charge in [0.15, 0.2) is 0 Å². The molecule has 1 aliphatic heterocycles. The number of benzene rings is 2. The fraction of sp³-hybridized carbons (Fsp3) is 0.433. The van der Waals surface area contributed by atoms with E-state index in [1.165, 1.54) is 62.0 Å². The van der Waals surface area contributed by atoms with Crippen molar-refractivity contribution in [1.29, 1.82) is 0 Å². The predicted molar refractivity (Wildman–Crippen MR) is 138 cm³/mol. The molecule has 0 spiro atoms. The van der Waals surface area contributed by atoms with Gasteiger partial charge in [0, 0.05) is 12.7 Å². The van der Waals surface area contributed by atoms with Crippen LogP contribution in [0.1, 0.15) is 54.6 Å². The summed E-state index contributed by atoms with van der Waals surface area (Å²) in [5.74, 6) is 0.751. The van der Waals surface area contributed by atoms with E-state index in [1.54, 1.807) is 0 Å². The molecule has 1 aliphatic rings. The van der Waals surface area contributed by atoms with E-state index in [4.69, 9.17) is 4.98 Å². The fourth-order valence-corrected chi connectivity index (χ4v) is 5.23. The molecule has 1 aromatic heterocycles. The average molecular weight is 442 g/mol. The smallest absolute Gasteiger partial charge is 0.0774 e. The molecule has 3 aromatic rings. The minimum atomic E-state index is 0.210. The molecule has 33 heavy (non-hydrogen) atoms. The zero-order valence-electron chi connectivity index (χ0n) is 20.4. The van der Waals surface area contributed by atoms with Gasteiger partial charge in [-0.25, -0.2) is 0 Å². The van der Waals surface area contributed by atoms with Crippen molar-refractivity contribution in [1.82, 2.24) is 14.8 Å². The molecule has 0 bridgehead atoms. The second kappa shape index (κ2) is 12.1. The minimum Gasteiger partial charge on any atom is -0.303 e. The summed E-state index contributed by atoms with van der Waals surface area (Å²) >= 11 is 0. The Kier molecular flexibility index (Phi) is 8.68. The van der Waals surface area contributed by atoms with E-state index in [9.17, 15) is 0 Å². The maximum atomic E-state index is 4.75. The monoisotopic (exact) mass is 441 g/mol. The number of hydrogen-bond donors (Lipinski definition) is 0. The highest BCUT2D eigenvalue weighted by molar-refractivity contribution is 5.31. The lowest BCUT2D eigenvalue weighted by molar-refractivity contribution is 0.141. The third-order valence-corrected chi connectivity index (χ3v) is 7.12. The van der Waals surface area contributed by atoms with Gasteiger partial charge in [0.25, 0.3) is 0 Å². The van der Waals surface area contributed by atoms with Gasteiger partial charge in [0.2, 0.25) is 0 Å². The molecule has 3 nitrogen and oxygen atoms in total. The van der Waals surface area contributed by atoms with Gasteiger partial charge in [-0.2, -0.15) is 0 Å². The Morgan fingerprint density at radius 1 is 0.939 bits per heavy atom. The highest BCUT2D eigenvalue weighted by Crippen LogP contribution is 2.29. The largest absolute Gasteiger partial charge is 0.303 e. The molecule has 174 valence electrons. The van der Waals surface area contributed by atoms with Gasteiger partial charge in [0.1, 0.15) is 0 Å². The van der Waals surface area contributed by atoms with Gasteiger partial charge in [0.05, 0.1) is 11.7 Å². The molecular weight excluding hydrogens is 402 g/mol. The third-order valence-electron chi connectivity index (χ3n) is 7.12. The summed E-state index contributed by atoms with van der Waals surface area (Å²) in [5, 5.41) is 0. The maximum Gasteiger partial charge on any atom is 0.0774 e. The maximum absolute atomic E-state index is 4.75. The highest BCUT2D eigenvalue weighted by Gasteiger charge is 2.26. The van der Waals surface area contributed by atoms with Crippen LogP contribution < -0.4 is 0 Å². The van der Waals surface area contributed by atoms with Crippen LogP contribution in [0.2, 0.25) is 0 Å². The number of rotatable bonds is 10. The van der Waals surface area contributed by atoms with E-state index in [0.29, 0.717) is 0 Å². The lowest BCUT2D eigenvalue weighted by atomic mass is 9.93. The van der Waals surface area contributed by atoms with Crippen molar-refractivity contribution in [2.75, 3.05) is 33.2 Å². The third kappa shape index (κ3) is 6.75. The van der Waals surface area contributed by atoms with Crippen molar-refractivity contribution in [2.24, 2.45) is 5.92 Å². The van der Waals surface area contributed by atoms with Gasteiger partial charge in [-0.1, -0.05) is 67.6 Å². The van der Waals surface area contributed by atoms with Crippen molar-refractivity contribution in [3.63, 3.8) is 0 Å². The second-order valence-corrected chi connectivity index (χ2v) is 9.57. The Morgan fingerprint density at radius 3 is 2.42 bits per heavy atom. The second-order valence-electron chi connectivity index (χ2n) is 9.57. The van der Waals surface area contributed by atoms with E-state index >= 15 is 0 Å². The number of aryl methyl sites for hydroxylation is 2. The average Bonchev–Trinajstić information content (AvgIpc) is 2.87. The van der Waals surface area contributed by atoms with Gasteiger partial charge >= 0.3 is 0 Å². The molecule has 4 rings (SSSR count). The van der Waals surface area contributed by atoms with Crippen LogP contribution in [0, 0.1) is 5.92 Å². The van der Waals surface area contributed by atoms with Crippen LogP contribution >= 0.6 is 0 Å². The van der Waals surface area contributed by atoms with Gasteiger partial charge < -0.3 is 4.90 Å². The van der Waals surface area contributed by atoms with Crippen LogP contribution in [0.15, 0.2) is 79.0 Å². The molecule has 1 fully saturated rings. The van der Waals surface area contributed by atoms with E-state index in [2.05, 4.69) is 90.5 Å². The highest BCUT2D eigenvalue weighted by atomic mass is 15.2. The number of aromatic nitrogens is 1. The Labute approximate surface area is 200 Å². The van der Waals surface area contributed by atoms with Crippen molar-refractivity contribution in [3.8, 4) is 0 Å². The summed E-state index contributed by atoms with van der Waals surface area (Å²) in [7, 11) is 2.28. The SMILES string of the molecule is CCc1cccc(C(c2ccccn2)N(C)CC2CCN(CCCc3ccccc3)CC2)c1. The van der Waals surface area contributed by atoms with Gasteiger partial charge in [-0.05, 0) is 93.5 Å². The molecule has 2 heterocycles. The fourth-order valence-electron chi connectivity index (χ4n) is 5.23. The van der Waals surface area contributed by atoms with Crippen LogP contribution in [0.4, 0.5) is 0 Å². The van der Waals surface area contributed by atoms with Crippen LogP contribution in [0.5, 0.6) is 0 Å². The number of likely N-dealkylation sites (tertiary alicyclic amines) is 1. The van der Waals surface area contributed by atoms with Crippen LogP contribution in [-0.4, -0.2) is 48.0 Å². The van der Waals surface area contributed by atoms with Crippen molar-refractivity contribution >= 4 is 0 Å². The number of hydrogen-bond acceptors (Lipinski definition) is 3. The molecule has 0 aliphatic carbocycles. The first-order chi connectivity index (χ1) is 16.2. The molecule has 1 unspecified atom stereocenters. The molecule has 2 aromatic carbocycles. The molecule has 3 heteroatoms. The zero-order valence-corrected chi connectivity index (χ0v) is 20.4. The lowest BCUT2D eigenvalue weighted by Gasteiger charge is -2.36. The van der Waals surface area contributed by atoms with Gasteiger partial charge in [-0.3, -0.25) is 9.88 Å². The first kappa shape index (κ1) is 23.7. The summed E-state index contributed by atoms with van der Waals surface area (Å²) < 4.78 is 0. The van der Waals surface area contributed by atoms with E-state index in [-0.39, 0.29) is 6.04 Å². The van der Waals surface area contributed by atoms with Crippen molar-refractivity contribution in [2.45, 2.75) is 45.1 Å². The molecule has 1 atom stereocenters. The zero-order chi connectivity index (χ0) is 22.9. The standard InChI is InChI=1S/C30H39N3/c1-3-25-13-9-15-28(23-25)30(29-16-7-8-19-31-29)32(2)24-27-17-21-33(22-18-27)20-10-14-26-11-5-4-6-12-26/h4-9,11-13,15-16,19,23,27,30H,3,10,14,17-18,20-22,24H2,1-2H3. The summed E-state index contributed by atoms with van der Waals surface area (Å²) in [5.41, 5.74) is 5.35. The molecular formula is C30H39N3. The normalized spacial score (nSPS) is 16.2. The quantitative estimate of drug-likeness (QED) is 0.384. The molecule has 0 radical (unpaired) electrons. The first-order valence-electron chi connectivity index (χ1n) is 12.7. The van der Waals surface area contributed by atoms with E-state index in [0.717, 1.165) is 24.6 Å². The molecule has 0 saturated carbocycles. The summed E-state index contributed by atoms with van der Waals surface area (Å²) in [6.07, 6.45) is 8.01. The lowest BCUT2D eigenvalue weighted by Crippen LogP contribution is -2.39. The summed E-state index contributed by atoms with van der Waals surface area (Å²) in [6, 6.07) is 26.5. The summed E-state index contributed by atoms with van der Waals surface area (Å²) in [6.45, 7) is 7.03. The Morgan fingerprint density at radius 2 is 1.70 bits per heavy atom. The number of piperidine rings is 1. The van der Waals surface area contributed by atoms with Crippen molar-refractivity contribution in [3.05, 3.63) is 101 Å². The number of pyridine rings is 1. The van der Waals surface area contributed by atoms with Gasteiger partial charge in [-0.15, -0.1) is 0 Å². The van der Waals surface area contributed by atoms with Crippen LogP contribution in [0.25, 0.3) is 0 Å². The number of nitrogens with zero attached hydrogens (tertiary/aromatic N) is 3. The van der Waals surface area contributed by atoms with Crippen LogP contribution in [0.3, 0.4) is 0 Å². The predicted octanol–water partition coefficient (Wildman–Crippen LogP) is 6.01. The topological polar surface area (TPSA) is 19.4 Å². The Hall–Kier alpha value is -2.49. The molecule has 0 N–H and O–H groups in total. The minimum absolute atomic E-state index is 0.210. The van der Waals surface area contributed by atoms with E-state index < -0.39 is 0 Å². The summed E-state index contributed by atoms with van der Waals surface area (Å²) in [4.78, 5) is 9.95. The Balaban J connectivity index is 1.32. The molecule has 1 saturated heterocycles.